The first-order valence-electron chi connectivity index (χ1n) is 26.8. The molecular formula is C63H88N4O9S2. The number of carbonyl (C=O) groups is 2. The summed E-state index contributed by atoms with van der Waals surface area (Å²) in [5, 5.41) is 18.5. The van der Waals surface area contributed by atoms with E-state index in [0.29, 0.717) is 17.1 Å². The molecule has 5 rings (SSSR count). The summed E-state index contributed by atoms with van der Waals surface area (Å²) in [4.78, 5) is 26.5. The molecule has 4 amide bonds. The number of aryl methyl sites for hydroxylation is 2. The van der Waals surface area contributed by atoms with Crippen molar-refractivity contribution < 1.29 is 41.0 Å². The first-order valence-corrected chi connectivity index (χ1v) is 29.7. The van der Waals surface area contributed by atoms with E-state index in [1.54, 1.807) is 24.3 Å². The molecule has 0 aliphatic rings. The SMILES string of the molecule is Cc1ccc(S(=O)(=O)NC(=O)NCCOc2c(C(c3cc(C(C)(C)C)cc(C(C)(C)C)c3O)c3cc(C(C)(C)C)cc(C(C)(C)C)c3OCCNC(=O)NS(=O)(=O)c3ccc(C)cc3)cc(C(C)(C)C)cc2C(C)(C)C)cc1. The van der Waals surface area contributed by atoms with Crippen molar-refractivity contribution in [3.05, 3.63) is 146 Å². The number of carbonyl (C=O) groups excluding carboxylic acids is 2. The van der Waals surface area contributed by atoms with Crippen LogP contribution in [0.3, 0.4) is 0 Å². The van der Waals surface area contributed by atoms with Gasteiger partial charge in [0.15, 0.2) is 0 Å². The zero-order valence-corrected chi connectivity index (χ0v) is 51.7. The lowest BCUT2D eigenvalue weighted by Crippen LogP contribution is -2.41. The second kappa shape index (κ2) is 23.0. The van der Waals surface area contributed by atoms with Crippen LogP contribution < -0.4 is 29.6 Å². The van der Waals surface area contributed by atoms with Crippen LogP contribution in [-0.2, 0) is 52.5 Å². The van der Waals surface area contributed by atoms with E-state index in [1.165, 1.54) is 24.3 Å². The van der Waals surface area contributed by atoms with Crippen LogP contribution in [-0.4, -0.2) is 60.3 Å². The molecule has 0 fully saturated rings. The summed E-state index contributed by atoms with van der Waals surface area (Å²) < 4.78 is 71.1. The van der Waals surface area contributed by atoms with Crippen LogP contribution in [0.2, 0.25) is 0 Å². The van der Waals surface area contributed by atoms with Gasteiger partial charge >= 0.3 is 12.1 Å². The molecular weight excluding hydrogens is 1020 g/mol. The summed E-state index contributed by atoms with van der Waals surface area (Å²) >= 11 is 0. The van der Waals surface area contributed by atoms with Crippen LogP contribution in [0.15, 0.2) is 94.7 Å². The second-order valence-corrected chi connectivity index (χ2v) is 30.2. The van der Waals surface area contributed by atoms with Crippen molar-refractivity contribution in [2.75, 3.05) is 26.3 Å². The summed E-state index contributed by atoms with van der Waals surface area (Å²) in [7, 11) is -8.35. The van der Waals surface area contributed by atoms with Crippen LogP contribution in [0.1, 0.15) is 192 Å². The van der Waals surface area contributed by atoms with Gasteiger partial charge in [-0.1, -0.05) is 196 Å². The molecule has 78 heavy (non-hydrogen) atoms. The summed E-state index contributed by atoms with van der Waals surface area (Å²) in [6.45, 7) is 41.7. The van der Waals surface area contributed by atoms with Crippen molar-refractivity contribution in [2.24, 2.45) is 0 Å². The maximum Gasteiger partial charge on any atom is 0.328 e. The van der Waals surface area contributed by atoms with Crippen molar-refractivity contribution in [3.63, 3.8) is 0 Å². The number of amides is 4. The Balaban J connectivity index is 1.81. The van der Waals surface area contributed by atoms with E-state index >= 15 is 0 Å². The third-order valence-corrected chi connectivity index (χ3v) is 16.4. The number of nitrogens with one attached hydrogen (secondary N) is 4. The summed E-state index contributed by atoms with van der Waals surface area (Å²) in [6, 6.07) is 23.4. The molecule has 0 aromatic heterocycles. The molecule has 0 heterocycles. The van der Waals surface area contributed by atoms with E-state index in [2.05, 4.69) is 181 Å². The Bertz CT molecular complexity index is 3040. The first-order chi connectivity index (χ1) is 35.5. The van der Waals surface area contributed by atoms with E-state index in [1.807, 2.05) is 13.8 Å². The molecule has 0 spiro atoms. The molecule has 0 bridgehead atoms. The number of rotatable bonds is 15. The Morgan fingerprint density at radius 1 is 0.449 bits per heavy atom. The fourth-order valence-corrected chi connectivity index (χ4v) is 10.8. The van der Waals surface area contributed by atoms with E-state index in [4.69, 9.17) is 9.47 Å². The molecule has 0 saturated heterocycles. The number of phenolic OH excluding ortho intramolecular Hbond substituents is 1. The summed E-state index contributed by atoms with van der Waals surface area (Å²) in [5.41, 5.74) is 6.52. The largest absolute Gasteiger partial charge is 0.507 e. The first kappa shape index (κ1) is 62.8. The monoisotopic (exact) mass is 1110 g/mol. The fourth-order valence-electron chi connectivity index (χ4n) is 8.92. The molecule has 13 nitrogen and oxygen atoms in total. The molecule has 0 saturated carbocycles. The Morgan fingerprint density at radius 3 is 1.04 bits per heavy atom. The van der Waals surface area contributed by atoms with Gasteiger partial charge < -0.3 is 25.2 Å². The van der Waals surface area contributed by atoms with Crippen molar-refractivity contribution in [2.45, 2.75) is 187 Å². The molecule has 5 aromatic carbocycles. The second-order valence-electron chi connectivity index (χ2n) is 26.8. The lowest BCUT2D eigenvalue weighted by molar-refractivity contribution is 0.240. The van der Waals surface area contributed by atoms with Gasteiger partial charge in [-0.25, -0.2) is 35.9 Å². The fraction of sp³-hybridized carbons (Fsp3) is 0.492. The molecule has 0 radical (unpaired) electrons. The zero-order chi connectivity index (χ0) is 58.9. The van der Waals surface area contributed by atoms with Crippen LogP contribution >= 0.6 is 0 Å². The van der Waals surface area contributed by atoms with E-state index < -0.39 is 65.1 Å². The highest BCUT2D eigenvalue weighted by atomic mass is 32.2. The standard InChI is InChI=1S/C63H88N4O9S2/c1-39-21-25-44(26-22-39)77(71,72)66-56(69)64-29-31-75-54-47(34-42(59(6,7)8)37-50(54)62(15,16)17)52(46-33-41(58(3,4)5)36-49(53(46)68)61(12,13)14)48-35-43(60(9,10)11)38-51(63(18,19)20)55(48)76-32-30-65-57(70)67-78(73,74)45-27-23-40(2)24-28-45/h21-28,33-38,52,68H,29-32H2,1-20H3,(H2,64,66,69)(H2,65,67,70). The number of phenols is 1. The maximum atomic E-state index is 13.3. The average Bonchev–Trinajstić information content (AvgIpc) is 3.28. The third-order valence-electron chi connectivity index (χ3n) is 13.7. The topological polar surface area (TPSA) is 189 Å². The van der Waals surface area contributed by atoms with Gasteiger partial charge in [0.1, 0.15) is 30.5 Å². The third kappa shape index (κ3) is 15.6. The minimum absolute atomic E-state index is 0.0445. The van der Waals surface area contributed by atoms with Crippen LogP contribution in [0.5, 0.6) is 17.2 Å². The Kier molecular flexibility index (Phi) is 18.5. The Labute approximate surface area is 467 Å². The highest BCUT2D eigenvalue weighted by Crippen LogP contribution is 2.53. The normalized spacial score (nSPS) is 13.0. The molecule has 0 aliphatic heterocycles. The van der Waals surface area contributed by atoms with Crippen molar-refractivity contribution in [1.82, 2.24) is 20.1 Å². The lowest BCUT2D eigenvalue weighted by atomic mass is 9.70. The van der Waals surface area contributed by atoms with Crippen LogP contribution in [0, 0.1) is 13.8 Å². The molecule has 0 atom stereocenters. The lowest BCUT2D eigenvalue weighted by Gasteiger charge is -2.36. The molecule has 5 N–H and O–H groups in total. The molecule has 0 aliphatic carbocycles. The predicted octanol–water partition coefficient (Wildman–Crippen LogP) is 13.1. The highest BCUT2D eigenvalue weighted by Gasteiger charge is 2.38. The minimum Gasteiger partial charge on any atom is -0.507 e. The summed E-state index contributed by atoms with van der Waals surface area (Å²) in [6.07, 6.45) is 0. The molecule has 5 aromatic rings. The van der Waals surface area contributed by atoms with Gasteiger partial charge in [-0.2, -0.15) is 0 Å². The Morgan fingerprint density at radius 2 is 0.744 bits per heavy atom. The smallest absolute Gasteiger partial charge is 0.328 e. The molecule has 426 valence electrons. The van der Waals surface area contributed by atoms with Gasteiger partial charge in [0.05, 0.1) is 22.9 Å². The molecule has 15 heteroatoms. The van der Waals surface area contributed by atoms with Crippen LogP contribution in [0.4, 0.5) is 9.59 Å². The zero-order valence-electron chi connectivity index (χ0n) is 50.0. The van der Waals surface area contributed by atoms with Gasteiger partial charge in [-0.15, -0.1) is 0 Å². The Hall–Kier alpha value is -6.06. The van der Waals surface area contributed by atoms with Gasteiger partial charge in [-0.05, 0) is 92.9 Å². The number of sulfonamides is 2. The highest BCUT2D eigenvalue weighted by molar-refractivity contribution is 7.90. The van der Waals surface area contributed by atoms with Crippen LogP contribution in [0.25, 0.3) is 0 Å². The maximum absolute atomic E-state index is 13.3. The van der Waals surface area contributed by atoms with Gasteiger partial charge in [0.2, 0.25) is 0 Å². The van der Waals surface area contributed by atoms with E-state index in [0.717, 1.165) is 55.6 Å². The number of aromatic hydroxyl groups is 1. The quantitative estimate of drug-likeness (QED) is 0.0502. The number of urea groups is 2. The summed E-state index contributed by atoms with van der Waals surface area (Å²) in [5.74, 6) is 0.336. The van der Waals surface area contributed by atoms with Gasteiger partial charge in [0, 0.05) is 33.7 Å². The van der Waals surface area contributed by atoms with Crippen molar-refractivity contribution in [3.8, 4) is 17.2 Å². The predicted molar refractivity (Wildman–Crippen MR) is 315 cm³/mol. The number of ether oxygens (including phenoxy) is 2. The van der Waals surface area contributed by atoms with Gasteiger partial charge in [-0.3, -0.25) is 0 Å². The molecule has 0 unspecified atom stereocenters. The number of hydrogen-bond donors (Lipinski definition) is 5. The number of benzene rings is 5. The number of hydrogen-bond acceptors (Lipinski definition) is 9. The van der Waals surface area contributed by atoms with E-state index in [9.17, 15) is 31.5 Å². The van der Waals surface area contributed by atoms with Crippen molar-refractivity contribution in [1.29, 1.82) is 0 Å². The van der Waals surface area contributed by atoms with Gasteiger partial charge in [0.25, 0.3) is 20.0 Å². The minimum atomic E-state index is -4.17. The van der Waals surface area contributed by atoms with E-state index in [-0.39, 0.29) is 47.3 Å². The average molecular weight is 1110 g/mol. The van der Waals surface area contributed by atoms with Crippen molar-refractivity contribution >= 4 is 32.1 Å².